The van der Waals surface area contributed by atoms with Crippen molar-refractivity contribution >= 4 is 34.2 Å². The second kappa shape index (κ2) is 8.83. The Morgan fingerprint density at radius 2 is 1.84 bits per heavy atom. The number of non-ortho nitro benzene ring substituents is 1. The Morgan fingerprint density at radius 3 is 2.57 bits per heavy atom. The number of fused-ring (bicyclic) bond motifs is 2. The maximum absolute atomic E-state index is 13.2. The molecule has 184 valence electrons. The standard InChI is InChI=1S/C27H21N5O5/c1-31-11-10-28-26(31)16-2-5-18(6-3-16)29-25(17-4-9-22-23(14-17)37-13-12-36-22)24-20-8-7-19(32(34)35)15-21(20)30-27(24)33/h2-11,14-15,29H,12-13H2,1H3,(H,30,33). The average molecular weight is 495 g/mol. The summed E-state index contributed by atoms with van der Waals surface area (Å²) in [6.07, 6.45) is 3.62. The van der Waals surface area contributed by atoms with Gasteiger partial charge in [0.2, 0.25) is 0 Å². The van der Waals surface area contributed by atoms with Crippen LogP contribution < -0.4 is 20.1 Å². The zero-order valence-corrected chi connectivity index (χ0v) is 19.7. The molecule has 10 nitrogen and oxygen atoms in total. The van der Waals surface area contributed by atoms with Crippen LogP contribution in [-0.2, 0) is 11.8 Å². The number of amides is 1. The van der Waals surface area contributed by atoms with Gasteiger partial charge in [-0.1, -0.05) is 0 Å². The van der Waals surface area contributed by atoms with Gasteiger partial charge < -0.3 is 24.7 Å². The topological polar surface area (TPSA) is 121 Å². The number of aromatic nitrogens is 2. The van der Waals surface area contributed by atoms with Crippen molar-refractivity contribution in [2.45, 2.75) is 0 Å². The SMILES string of the molecule is Cn1ccnc1-c1ccc(NC(=C2C(=O)Nc3cc([N+](=O)[O-])ccc32)c2ccc3c(c2)OCCO3)cc1. The average Bonchev–Trinajstić information content (AvgIpc) is 3.48. The highest BCUT2D eigenvalue weighted by molar-refractivity contribution is 6.37. The largest absolute Gasteiger partial charge is 0.486 e. The molecule has 0 fully saturated rings. The Labute approximate surface area is 211 Å². The lowest BCUT2D eigenvalue weighted by atomic mass is 9.99. The molecule has 4 aromatic rings. The van der Waals surface area contributed by atoms with Crippen LogP contribution in [0.4, 0.5) is 17.1 Å². The number of nitro groups is 1. The molecule has 0 atom stereocenters. The van der Waals surface area contributed by atoms with E-state index in [2.05, 4.69) is 15.6 Å². The summed E-state index contributed by atoms with van der Waals surface area (Å²) < 4.78 is 13.4. The number of benzene rings is 3. The van der Waals surface area contributed by atoms with E-state index in [9.17, 15) is 14.9 Å². The monoisotopic (exact) mass is 495 g/mol. The van der Waals surface area contributed by atoms with Crippen LogP contribution in [0.5, 0.6) is 11.5 Å². The minimum atomic E-state index is -0.489. The highest BCUT2D eigenvalue weighted by Crippen LogP contribution is 2.41. The van der Waals surface area contributed by atoms with Crippen molar-refractivity contribution in [1.82, 2.24) is 9.55 Å². The molecule has 2 aliphatic heterocycles. The Hall–Kier alpha value is -5.12. The second-order valence-corrected chi connectivity index (χ2v) is 8.61. The molecule has 0 radical (unpaired) electrons. The highest BCUT2D eigenvalue weighted by Gasteiger charge is 2.30. The lowest BCUT2D eigenvalue weighted by Crippen LogP contribution is -2.16. The predicted molar refractivity (Wildman–Crippen MR) is 138 cm³/mol. The summed E-state index contributed by atoms with van der Waals surface area (Å²) in [5, 5.41) is 17.4. The lowest BCUT2D eigenvalue weighted by molar-refractivity contribution is -0.384. The van der Waals surface area contributed by atoms with Crippen LogP contribution in [0.15, 0.2) is 73.1 Å². The molecular weight excluding hydrogens is 474 g/mol. The zero-order valence-electron chi connectivity index (χ0n) is 19.7. The molecular formula is C27H21N5O5. The first-order chi connectivity index (χ1) is 18.0. The zero-order chi connectivity index (χ0) is 25.5. The van der Waals surface area contributed by atoms with Crippen LogP contribution in [0.2, 0.25) is 0 Å². The summed E-state index contributed by atoms with van der Waals surface area (Å²) in [6, 6.07) is 17.5. The second-order valence-electron chi connectivity index (χ2n) is 8.61. The smallest absolute Gasteiger partial charge is 0.271 e. The number of nitrogens with one attached hydrogen (secondary N) is 2. The number of nitro benzene ring substituents is 1. The number of anilines is 2. The summed E-state index contributed by atoms with van der Waals surface area (Å²) in [6.45, 7) is 0.896. The van der Waals surface area contributed by atoms with E-state index in [1.165, 1.54) is 12.1 Å². The highest BCUT2D eigenvalue weighted by atomic mass is 16.6. The quantitative estimate of drug-likeness (QED) is 0.234. The molecule has 1 aromatic heterocycles. The van der Waals surface area contributed by atoms with E-state index < -0.39 is 4.92 Å². The number of rotatable bonds is 5. The fraction of sp³-hybridized carbons (Fsp3) is 0.111. The van der Waals surface area contributed by atoms with Crippen LogP contribution in [-0.4, -0.2) is 33.6 Å². The summed E-state index contributed by atoms with van der Waals surface area (Å²) in [5.41, 5.74) is 4.16. The van der Waals surface area contributed by atoms with Gasteiger partial charge in [0.1, 0.15) is 19.0 Å². The van der Waals surface area contributed by atoms with Crippen LogP contribution >= 0.6 is 0 Å². The van der Waals surface area contributed by atoms with Gasteiger partial charge in [0.05, 0.1) is 21.9 Å². The molecule has 0 aliphatic carbocycles. The molecule has 0 saturated carbocycles. The van der Waals surface area contributed by atoms with Gasteiger partial charge in [-0.2, -0.15) is 0 Å². The van der Waals surface area contributed by atoms with Gasteiger partial charge >= 0.3 is 0 Å². The molecule has 0 saturated heterocycles. The fourth-order valence-electron chi connectivity index (χ4n) is 4.49. The van der Waals surface area contributed by atoms with Crippen LogP contribution in [0.3, 0.4) is 0 Å². The van der Waals surface area contributed by atoms with Gasteiger partial charge in [-0.15, -0.1) is 0 Å². The summed E-state index contributed by atoms with van der Waals surface area (Å²) >= 11 is 0. The maximum Gasteiger partial charge on any atom is 0.271 e. The third-order valence-electron chi connectivity index (χ3n) is 6.27. The molecule has 10 heteroatoms. The fourth-order valence-corrected chi connectivity index (χ4v) is 4.49. The number of nitrogens with zero attached hydrogens (tertiary/aromatic N) is 3. The van der Waals surface area contributed by atoms with Gasteiger partial charge in [0.25, 0.3) is 11.6 Å². The van der Waals surface area contributed by atoms with Crippen LogP contribution in [0.1, 0.15) is 11.1 Å². The van der Waals surface area contributed by atoms with Gasteiger partial charge in [-0.25, -0.2) is 4.98 Å². The number of ether oxygens (including phenoxy) is 2. The molecule has 2 aliphatic rings. The van der Waals surface area contributed by atoms with Crippen molar-refractivity contribution in [1.29, 1.82) is 0 Å². The van der Waals surface area contributed by atoms with Crippen LogP contribution in [0.25, 0.3) is 22.7 Å². The number of hydrogen-bond acceptors (Lipinski definition) is 7. The third-order valence-corrected chi connectivity index (χ3v) is 6.27. The first-order valence-corrected chi connectivity index (χ1v) is 11.6. The Balaban J connectivity index is 1.46. The summed E-state index contributed by atoms with van der Waals surface area (Å²) in [7, 11) is 1.93. The van der Waals surface area contributed by atoms with E-state index in [4.69, 9.17) is 9.47 Å². The Bertz CT molecular complexity index is 1590. The normalized spacial score (nSPS) is 15.1. The van der Waals surface area contributed by atoms with E-state index in [0.29, 0.717) is 52.8 Å². The van der Waals surface area contributed by atoms with E-state index in [-0.39, 0.29) is 11.6 Å². The van der Waals surface area contributed by atoms with Crippen molar-refractivity contribution in [3.8, 4) is 22.9 Å². The van der Waals surface area contributed by atoms with Crippen molar-refractivity contribution in [2.24, 2.45) is 7.05 Å². The van der Waals surface area contributed by atoms with E-state index >= 15 is 0 Å². The number of hydrogen-bond donors (Lipinski definition) is 2. The molecule has 3 aromatic carbocycles. The first-order valence-electron chi connectivity index (χ1n) is 11.6. The first kappa shape index (κ1) is 22.4. The summed E-state index contributed by atoms with van der Waals surface area (Å²) in [5.74, 6) is 1.68. The van der Waals surface area contributed by atoms with Gasteiger partial charge in [0.15, 0.2) is 11.5 Å². The molecule has 0 spiro atoms. The van der Waals surface area contributed by atoms with Crippen molar-refractivity contribution in [2.75, 3.05) is 23.8 Å². The number of aryl methyl sites for hydroxylation is 1. The van der Waals surface area contributed by atoms with E-state index in [1.54, 1.807) is 18.3 Å². The van der Waals surface area contributed by atoms with Crippen molar-refractivity contribution < 1.29 is 19.2 Å². The van der Waals surface area contributed by atoms with Gasteiger partial charge in [0, 0.05) is 54.0 Å². The molecule has 1 amide bonds. The predicted octanol–water partition coefficient (Wildman–Crippen LogP) is 4.70. The maximum atomic E-state index is 13.2. The van der Waals surface area contributed by atoms with Crippen molar-refractivity contribution in [3.63, 3.8) is 0 Å². The van der Waals surface area contributed by atoms with Crippen molar-refractivity contribution in [3.05, 3.63) is 94.3 Å². The molecule has 2 N–H and O–H groups in total. The molecule has 6 rings (SSSR count). The van der Waals surface area contributed by atoms with E-state index in [1.807, 2.05) is 54.2 Å². The van der Waals surface area contributed by atoms with Gasteiger partial charge in [-0.3, -0.25) is 14.9 Å². The number of carbonyl (C=O) groups excluding carboxylic acids is 1. The third kappa shape index (κ3) is 4.04. The molecule has 3 heterocycles. The molecule has 37 heavy (non-hydrogen) atoms. The van der Waals surface area contributed by atoms with E-state index in [0.717, 1.165) is 17.1 Å². The number of carbonyl (C=O) groups is 1. The minimum absolute atomic E-state index is 0.0981. The minimum Gasteiger partial charge on any atom is -0.486 e. The Kier molecular flexibility index (Phi) is 5.33. The molecule has 0 unspecified atom stereocenters. The lowest BCUT2D eigenvalue weighted by Gasteiger charge is -2.21. The molecule has 0 bridgehead atoms. The summed E-state index contributed by atoms with van der Waals surface area (Å²) in [4.78, 5) is 28.4. The Morgan fingerprint density at radius 1 is 1.05 bits per heavy atom. The van der Waals surface area contributed by atoms with Gasteiger partial charge in [-0.05, 0) is 48.5 Å². The van der Waals surface area contributed by atoms with Crippen LogP contribution in [0, 0.1) is 10.1 Å². The number of imidazole rings is 1.